The van der Waals surface area contributed by atoms with E-state index in [4.69, 9.17) is 4.74 Å². The van der Waals surface area contributed by atoms with E-state index >= 15 is 0 Å². The summed E-state index contributed by atoms with van der Waals surface area (Å²) in [5, 5.41) is 7.91. The highest BCUT2D eigenvalue weighted by Gasteiger charge is 2.10. The Kier molecular flexibility index (Phi) is 6.64. The van der Waals surface area contributed by atoms with Gasteiger partial charge in [-0.1, -0.05) is 6.92 Å². The molecule has 1 aromatic heterocycles. The Morgan fingerprint density at radius 2 is 2.33 bits per heavy atom. The van der Waals surface area contributed by atoms with Gasteiger partial charge in [-0.2, -0.15) is 11.3 Å². The first-order chi connectivity index (χ1) is 7.38. The molecule has 15 heavy (non-hydrogen) atoms. The molecule has 0 spiro atoms. The van der Waals surface area contributed by atoms with Gasteiger partial charge in [0.1, 0.15) is 0 Å². The van der Waals surface area contributed by atoms with Crippen molar-refractivity contribution in [2.45, 2.75) is 32.7 Å². The van der Waals surface area contributed by atoms with Gasteiger partial charge in [-0.25, -0.2) is 0 Å². The van der Waals surface area contributed by atoms with Crippen LogP contribution in [0.1, 0.15) is 38.3 Å². The first-order valence-electron chi connectivity index (χ1n) is 5.71. The molecule has 1 aromatic rings. The molecule has 0 fully saturated rings. The van der Waals surface area contributed by atoms with Crippen LogP contribution in [0, 0.1) is 0 Å². The van der Waals surface area contributed by atoms with E-state index in [2.05, 4.69) is 29.1 Å². The van der Waals surface area contributed by atoms with Gasteiger partial charge in [0, 0.05) is 19.3 Å². The molecule has 0 aliphatic rings. The molecule has 1 rings (SSSR count). The summed E-state index contributed by atoms with van der Waals surface area (Å²) in [6.45, 7) is 6.96. The van der Waals surface area contributed by atoms with Crippen LogP contribution in [0.4, 0.5) is 0 Å². The van der Waals surface area contributed by atoms with Gasteiger partial charge in [0.15, 0.2) is 0 Å². The molecular weight excluding hydrogens is 206 g/mol. The molecule has 0 bridgehead atoms. The number of nitrogens with one attached hydrogen (secondary N) is 1. The summed E-state index contributed by atoms with van der Waals surface area (Å²) in [7, 11) is 0. The van der Waals surface area contributed by atoms with Gasteiger partial charge in [-0.15, -0.1) is 0 Å². The first-order valence-corrected chi connectivity index (χ1v) is 6.66. The molecule has 86 valence electrons. The van der Waals surface area contributed by atoms with Gasteiger partial charge < -0.3 is 10.1 Å². The standard InChI is InChI=1S/C12H21NOS/c1-3-7-13-12(5-8-14-4-2)11-6-9-15-10-11/h6,9-10,12-13H,3-5,7-8H2,1-2H3. The van der Waals surface area contributed by atoms with E-state index in [1.54, 1.807) is 11.3 Å². The van der Waals surface area contributed by atoms with E-state index in [1.807, 2.05) is 6.92 Å². The zero-order valence-electron chi connectivity index (χ0n) is 9.66. The van der Waals surface area contributed by atoms with Crippen LogP contribution in [0.25, 0.3) is 0 Å². The number of hydrogen-bond donors (Lipinski definition) is 1. The van der Waals surface area contributed by atoms with Crippen LogP contribution < -0.4 is 5.32 Å². The lowest BCUT2D eigenvalue weighted by atomic mass is 10.1. The number of thiophene rings is 1. The highest BCUT2D eigenvalue weighted by Crippen LogP contribution is 2.19. The second-order valence-electron chi connectivity index (χ2n) is 3.55. The van der Waals surface area contributed by atoms with Crippen molar-refractivity contribution in [3.63, 3.8) is 0 Å². The van der Waals surface area contributed by atoms with Crippen LogP contribution >= 0.6 is 11.3 Å². The first kappa shape index (κ1) is 12.7. The van der Waals surface area contributed by atoms with E-state index in [0.29, 0.717) is 6.04 Å². The number of rotatable bonds is 8. The van der Waals surface area contributed by atoms with Crippen LogP contribution in [0.15, 0.2) is 16.8 Å². The molecule has 0 saturated carbocycles. The van der Waals surface area contributed by atoms with Gasteiger partial charge in [0.25, 0.3) is 0 Å². The minimum absolute atomic E-state index is 0.461. The van der Waals surface area contributed by atoms with E-state index in [1.165, 1.54) is 12.0 Å². The lowest BCUT2D eigenvalue weighted by Gasteiger charge is -2.17. The third-order valence-corrected chi connectivity index (χ3v) is 3.04. The van der Waals surface area contributed by atoms with Gasteiger partial charge in [0.2, 0.25) is 0 Å². The zero-order chi connectivity index (χ0) is 10.9. The SMILES string of the molecule is CCCNC(CCOCC)c1ccsc1. The van der Waals surface area contributed by atoms with Gasteiger partial charge in [0.05, 0.1) is 0 Å². The van der Waals surface area contributed by atoms with Crippen LogP contribution in [0.5, 0.6) is 0 Å². The molecule has 0 saturated heterocycles. The fraction of sp³-hybridized carbons (Fsp3) is 0.667. The largest absolute Gasteiger partial charge is 0.382 e. The molecule has 0 aliphatic heterocycles. The van der Waals surface area contributed by atoms with E-state index in [0.717, 1.165) is 26.2 Å². The van der Waals surface area contributed by atoms with Crippen LogP contribution in [-0.2, 0) is 4.74 Å². The summed E-state index contributed by atoms with van der Waals surface area (Å²) >= 11 is 1.76. The number of ether oxygens (including phenoxy) is 1. The molecule has 1 atom stereocenters. The lowest BCUT2D eigenvalue weighted by molar-refractivity contribution is 0.136. The van der Waals surface area contributed by atoms with Crippen molar-refractivity contribution in [1.82, 2.24) is 5.32 Å². The van der Waals surface area contributed by atoms with Crippen molar-refractivity contribution in [2.24, 2.45) is 0 Å². The molecule has 0 amide bonds. The van der Waals surface area contributed by atoms with E-state index in [-0.39, 0.29) is 0 Å². The summed E-state index contributed by atoms with van der Waals surface area (Å²) in [6, 6.07) is 2.66. The molecule has 1 N–H and O–H groups in total. The Bertz CT molecular complexity index is 236. The lowest BCUT2D eigenvalue weighted by Crippen LogP contribution is -2.23. The Morgan fingerprint density at radius 3 is 2.93 bits per heavy atom. The Balaban J connectivity index is 2.39. The molecule has 2 nitrogen and oxygen atoms in total. The molecule has 1 heterocycles. The number of hydrogen-bond acceptors (Lipinski definition) is 3. The van der Waals surface area contributed by atoms with Crippen LogP contribution in [0.2, 0.25) is 0 Å². The van der Waals surface area contributed by atoms with Crippen LogP contribution in [-0.4, -0.2) is 19.8 Å². The Hall–Kier alpha value is -0.380. The molecular formula is C12H21NOS. The Morgan fingerprint density at radius 1 is 1.47 bits per heavy atom. The zero-order valence-corrected chi connectivity index (χ0v) is 10.5. The normalized spacial score (nSPS) is 12.9. The molecule has 0 aliphatic carbocycles. The van der Waals surface area contributed by atoms with E-state index < -0.39 is 0 Å². The smallest absolute Gasteiger partial charge is 0.0484 e. The van der Waals surface area contributed by atoms with Gasteiger partial charge in [-0.05, 0) is 48.7 Å². The monoisotopic (exact) mass is 227 g/mol. The summed E-state index contributed by atoms with van der Waals surface area (Å²) < 4.78 is 5.41. The van der Waals surface area contributed by atoms with Crippen molar-refractivity contribution in [3.05, 3.63) is 22.4 Å². The quantitative estimate of drug-likeness (QED) is 0.689. The average molecular weight is 227 g/mol. The molecule has 1 unspecified atom stereocenters. The third kappa shape index (κ3) is 4.78. The second-order valence-corrected chi connectivity index (χ2v) is 4.33. The van der Waals surface area contributed by atoms with Gasteiger partial charge in [-0.3, -0.25) is 0 Å². The van der Waals surface area contributed by atoms with Gasteiger partial charge >= 0.3 is 0 Å². The molecule has 3 heteroatoms. The van der Waals surface area contributed by atoms with E-state index in [9.17, 15) is 0 Å². The minimum Gasteiger partial charge on any atom is -0.382 e. The van der Waals surface area contributed by atoms with Crippen molar-refractivity contribution in [1.29, 1.82) is 0 Å². The predicted molar refractivity (Wildman–Crippen MR) is 66.5 cm³/mol. The van der Waals surface area contributed by atoms with Crippen molar-refractivity contribution in [2.75, 3.05) is 19.8 Å². The minimum atomic E-state index is 0.461. The molecule has 0 aromatic carbocycles. The summed E-state index contributed by atoms with van der Waals surface area (Å²) in [4.78, 5) is 0. The fourth-order valence-electron chi connectivity index (χ4n) is 1.52. The van der Waals surface area contributed by atoms with Crippen LogP contribution in [0.3, 0.4) is 0 Å². The highest BCUT2D eigenvalue weighted by molar-refractivity contribution is 7.07. The maximum Gasteiger partial charge on any atom is 0.0484 e. The second kappa shape index (κ2) is 7.85. The third-order valence-electron chi connectivity index (χ3n) is 2.34. The fourth-order valence-corrected chi connectivity index (χ4v) is 2.24. The Labute approximate surface area is 96.7 Å². The maximum atomic E-state index is 5.41. The summed E-state index contributed by atoms with van der Waals surface area (Å²) in [5.41, 5.74) is 1.40. The topological polar surface area (TPSA) is 21.3 Å². The van der Waals surface area contributed by atoms with Crippen molar-refractivity contribution >= 4 is 11.3 Å². The summed E-state index contributed by atoms with van der Waals surface area (Å²) in [6.07, 6.45) is 2.24. The van der Waals surface area contributed by atoms with Crippen molar-refractivity contribution in [3.8, 4) is 0 Å². The summed E-state index contributed by atoms with van der Waals surface area (Å²) in [5.74, 6) is 0. The predicted octanol–water partition coefficient (Wildman–Crippen LogP) is 3.22. The average Bonchev–Trinajstić information content (AvgIpc) is 2.76. The maximum absolute atomic E-state index is 5.41. The van der Waals surface area contributed by atoms with Crippen molar-refractivity contribution < 1.29 is 4.74 Å². The highest BCUT2D eigenvalue weighted by atomic mass is 32.1. The molecule has 0 radical (unpaired) electrons.